The van der Waals surface area contributed by atoms with Gasteiger partial charge in [0.05, 0.1) is 27.7 Å². The summed E-state index contributed by atoms with van der Waals surface area (Å²) in [6, 6.07) is 0. The molecular weight excluding hydrogens is 1160 g/mol. The molecule has 9 nitrogen and oxygen atoms in total. The molecule has 0 fully saturated rings. The second-order valence-electron chi connectivity index (χ2n) is 27.7. The van der Waals surface area contributed by atoms with Crippen LogP contribution in [0.2, 0.25) is 0 Å². The summed E-state index contributed by atoms with van der Waals surface area (Å²) in [7, 11) is 1.49. The third kappa shape index (κ3) is 76.2. The minimum atomic E-state index is -4.40. The first-order chi connectivity index (χ1) is 45.0. The molecule has 0 heterocycles. The second kappa shape index (κ2) is 72.5. The fourth-order valence-corrected chi connectivity index (χ4v) is 12.2. The van der Waals surface area contributed by atoms with Crippen molar-refractivity contribution in [1.29, 1.82) is 0 Å². The number of carbonyl (C=O) groups excluding carboxylic acids is 2. The number of unbranched alkanes of at least 4 members (excludes halogenated alkanes) is 45. The maximum absolute atomic E-state index is 12.9. The van der Waals surface area contributed by atoms with E-state index in [1.54, 1.807) is 0 Å². The van der Waals surface area contributed by atoms with E-state index in [4.69, 9.17) is 18.5 Å². The molecule has 2 unspecified atom stereocenters. The molecule has 0 radical (unpaired) electrons. The minimum Gasteiger partial charge on any atom is -0.462 e. The molecule has 92 heavy (non-hydrogen) atoms. The lowest BCUT2D eigenvalue weighted by Gasteiger charge is -2.24. The first-order valence-corrected chi connectivity index (χ1v) is 40.8. The Hall–Kier alpha value is -2.81. The van der Waals surface area contributed by atoms with E-state index in [2.05, 4.69) is 98.9 Å². The van der Waals surface area contributed by atoms with Gasteiger partial charge in [0.25, 0.3) is 0 Å². The molecule has 0 aliphatic carbocycles. The van der Waals surface area contributed by atoms with Gasteiger partial charge in [-0.3, -0.25) is 18.6 Å². The topological polar surface area (TPSA) is 108 Å². The number of phosphoric ester groups is 1. The summed E-state index contributed by atoms with van der Waals surface area (Å²) in [4.78, 5) is 36.0. The van der Waals surface area contributed by atoms with E-state index in [0.717, 1.165) is 70.6 Å². The summed E-state index contributed by atoms with van der Waals surface area (Å²) < 4.78 is 34.8. The SMILES string of the molecule is CC/C=C\C/C=C\C/C=C\C/C=C\CCCCCCCCCCCCCCCCC(=O)OC(COC(=O)CCCCCCCCCCCCCCCCCCCCCCCCCCCC/C=C\C/C=C\C/C=C\CCCCCCC)COP(=O)(O)OCC[N+](C)(C)C. The van der Waals surface area contributed by atoms with Crippen molar-refractivity contribution in [2.45, 2.75) is 380 Å². The number of quaternary nitrogens is 1. The van der Waals surface area contributed by atoms with Gasteiger partial charge in [-0.1, -0.05) is 356 Å². The maximum Gasteiger partial charge on any atom is 0.472 e. The Labute approximate surface area is 571 Å². The summed E-state index contributed by atoms with van der Waals surface area (Å²) in [5.41, 5.74) is 0. The molecule has 0 aromatic rings. The van der Waals surface area contributed by atoms with Crippen LogP contribution in [-0.2, 0) is 32.7 Å². The van der Waals surface area contributed by atoms with Crippen molar-refractivity contribution in [3.8, 4) is 0 Å². The van der Waals surface area contributed by atoms with Gasteiger partial charge in [0, 0.05) is 12.8 Å². The van der Waals surface area contributed by atoms with Gasteiger partial charge < -0.3 is 18.9 Å². The molecule has 0 rings (SSSR count). The van der Waals surface area contributed by atoms with E-state index in [1.165, 1.54) is 270 Å². The molecule has 0 aromatic heterocycles. The van der Waals surface area contributed by atoms with Crippen LogP contribution < -0.4 is 0 Å². The normalized spacial score (nSPS) is 13.5. The molecule has 0 bridgehead atoms. The Kier molecular flexibility index (Phi) is 70.2. The lowest BCUT2D eigenvalue weighted by Crippen LogP contribution is -2.37. The Morgan fingerprint density at radius 2 is 0.620 bits per heavy atom. The number of nitrogens with zero attached hydrogens (tertiary/aromatic N) is 1. The third-order valence-electron chi connectivity index (χ3n) is 17.4. The number of allylic oxidation sites excluding steroid dienone is 14. The van der Waals surface area contributed by atoms with E-state index in [9.17, 15) is 19.0 Å². The number of ether oxygens (including phenoxy) is 2. The zero-order valence-electron chi connectivity index (χ0n) is 61.3. The van der Waals surface area contributed by atoms with Crippen molar-refractivity contribution >= 4 is 19.8 Å². The lowest BCUT2D eigenvalue weighted by atomic mass is 10.0. The Bertz CT molecular complexity index is 1830. The molecule has 10 heteroatoms. The Morgan fingerprint density at radius 3 is 0.924 bits per heavy atom. The Balaban J connectivity index is 3.90. The average molecular weight is 1310 g/mol. The van der Waals surface area contributed by atoms with Crippen LogP contribution in [0.1, 0.15) is 373 Å². The van der Waals surface area contributed by atoms with Crippen molar-refractivity contribution in [3.63, 3.8) is 0 Å². The predicted molar refractivity (Wildman–Crippen MR) is 399 cm³/mol. The first-order valence-electron chi connectivity index (χ1n) is 39.3. The summed E-state index contributed by atoms with van der Waals surface area (Å²) in [5, 5.41) is 0. The van der Waals surface area contributed by atoms with Crippen LogP contribution in [0.15, 0.2) is 85.1 Å². The van der Waals surface area contributed by atoms with Crippen LogP contribution in [0, 0.1) is 0 Å². The van der Waals surface area contributed by atoms with E-state index >= 15 is 0 Å². The van der Waals surface area contributed by atoms with Crippen molar-refractivity contribution in [3.05, 3.63) is 85.1 Å². The molecule has 0 spiro atoms. The van der Waals surface area contributed by atoms with Crippen molar-refractivity contribution in [2.24, 2.45) is 0 Å². The molecule has 1 N–H and O–H groups in total. The van der Waals surface area contributed by atoms with Gasteiger partial charge in [-0.15, -0.1) is 0 Å². The van der Waals surface area contributed by atoms with E-state index in [1.807, 2.05) is 21.1 Å². The lowest BCUT2D eigenvalue weighted by molar-refractivity contribution is -0.870. The minimum absolute atomic E-state index is 0.0315. The van der Waals surface area contributed by atoms with E-state index in [0.29, 0.717) is 23.9 Å². The van der Waals surface area contributed by atoms with Crippen LogP contribution in [0.5, 0.6) is 0 Å². The average Bonchev–Trinajstić information content (AvgIpc) is 2.14. The van der Waals surface area contributed by atoms with Gasteiger partial charge in [-0.25, -0.2) is 4.57 Å². The first kappa shape index (κ1) is 89.2. The van der Waals surface area contributed by atoms with Crippen LogP contribution in [-0.4, -0.2) is 74.9 Å². The largest absolute Gasteiger partial charge is 0.472 e. The monoisotopic (exact) mass is 1310 g/mol. The highest BCUT2D eigenvalue weighted by atomic mass is 31.2. The molecule has 0 aliphatic rings. The molecule has 0 aromatic carbocycles. The number of carbonyl (C=O) groups is 2. The van der Waals surface area contributed by atoms with Crippen molar-refractivity contribution in [2.75, 3.05) is 47.5 Å². The summed E-state index contributed by atoms with van der Waals surface area (Å²) in [5.74, 6) is -0.782. The highest BCUT2D eigenvalue weighted by molar-refractivity contribution is 7.47. The number of hydrogen-bond donors (Lipinski definition) is 1. The van der Waals surface area contributed by atoms with Crippen LogP contribution in [0.25, 0.3) is 0 Å². The second-order valence-corrected chi connectivity index (χ2v) is 29.2. The van der Waals surface area contributed by atoms with Gasteiger partial charge in [-0.05, 0) is 89.9 Å². The predicted octanol–water partition coefficient (Wildman–Crippen LogP) is 26.1. The van der Waals surface area contributed by atoms with Gasteiger partial charge in [-0.2, -0.15) is 0 Å². The standard InChI is InChI=1S/C82H150NO8P/c1-6-8-10-12-14-16-18-20-22-24-26-28-30-32-34-35-36-37-38-39-40-41-42-43-44-45-46-47-49-50-52-54-56-58-60-62-64-66-68-70-72-74-81(84)88-78-80(79-90-92(86,87)89-77-76-83(3,4)5)91-82(85)75-73-71-69-67-65-63-61-59-57-55-53-51-48-33-31-29-27-25-23-21-19-17-15-13-11-9-7-2/h9,11,15,17-18,20-21,23-24,26-27,29-30,32,80H,6-8,10,12-14,16,19,22,25,28,31,33-79H2,1-5H3/p+1/b11-9-,17-15-,20-18-,23-21-,26-24-,29-27-,32-30-. The van der Waals surface area contributed by atoms with Crippen LogP contribution >= 0.6 is 7.82 Å². The molecule has 0 aliphatic heterocycles. The summed E-state index contributed by atoms with van der Waals surface area (Å²) >= 11 is 0. The molecule has 0 amide bonds. The molecule has 2 atom stereocenters. The van der Waals surface area contributed by atoms with Gasteiger partial charge in [0.1, 0.15) is 19.8 Å². The summed E-state index contributed by atoms with van der Waals surface area (Å²) in [6.07, 6.45) is 100. The fraction of sp³-hybridized carbons (Fsp3) is 0.805. The maximum atomic E-state index is 12.9. The number of esters is 2. The highest BCUT2D eigenvalue weighted by Crippen LogP contribution is 2.43. The highest BCUT2D eigenvalue weighted by Gasteiger charge is 2.27. The zero-order chi connectivity index (χ0) is 66.9. The van der Waals surface area contributed by atoms with Crippen LogP contribution in [0.3, 0.4) is 0 Å². The molecule has 0 saturated heterocycles. The van der Waals surface area contributed by atoms with Crippen molar-refractivity contribution in [1.82, 2.24) is 0 Å². The Morgan fingerprint density at radius 1 is 0.348 bits per heavy atom. The third-order valence-corrected chi connectivity index (χ3v) is 18.4. The van der Waals surface area contributed by atoms with Crippen molar-refractivity contribution < 1.29 is 42.1 Å². The number of likely N-dealkylation sites (N-methyl/N-ethyl adjacent to an activating group) is 1. The van der Waals surface area contributed by atoms with Gasteiger partial charge >= 0.3 is 19.8 Å². The molecule has 536 valence electrons. The van der Waals surface area contributed by atoms with Crippen LogP contribution in [0.4, 0.5) is 0 Å². The summed E-state index contributed by atoms with van der Waals surface area (Å²) in [6.45, 7) is 4.36. The molecular formula is C82H151NO8P+. The fourth-order valence-electron chi connectivity index (χ4n) is 11.4. The number of rotatable bonds is 73. The molecule has 0 saturated carbocycles. The number of phosphoric acid groups is 1. The van der Waals surface area contributed by atoms with E-state index < -0.39 is 26.5 Å². The quantitative estimate of drug-likeness (QED) is 0.0211. The van der Waals surface area contributed by atoms with Gasteiger partial charge in [0.15, 0.2) is 6.10 Å². The van der Waals surface area contributed by atoms with Gasteiger partial charge in [0.2, 0.25) is 0 Å². The number of hydrogen-bond acceptors (Lipinski definition) is 7. The zero-order valence-corrected chi connectivity index (χ0v) is 62.2. The smallest absolute Gasteiger partial charge is 0.462 e. The van der Waals surface area contributed by atoms with E-state index in [-0.39, 0.29) is 25.6 Å².